The van der Waals surface area contributed by atoms with Gasteiger partial charge in [-0.1, -0.05) is 32.1 Å². The van der Waals surface area contributed by atoms with Crippen LogP contribution in [-0.2, 0) is 16.1 Å². The van der Waals surface area contributed by atoms with Crippen LogP contribution in [0.3, 0.4) is 0 Å². The average molecular weight is 570 g/mol. The third kappa shape index (κ3) is 7.96. The number of hydrogen-bond acceptors (Lipinski definition) is 6. The number of benzene rings is 1. The number of carboxylic acids is 1. The van der Waals surface area contributed by atoms with Gasteiger partial charge in [-0.15, -0.1) is 0 Å². The monoisotopic (exact) mass is 569 g/mol. The molecule has 1 aromatic heterocycles. The molecule has 1 saturated carbocycles. The summed E-state index contributed by atoms with van der Waals surface area (Å²) in [6.45, 7) is 6.53. The lowest BCUT2D eigenvalue weighted by molar-refractivity contribution is -0.141. The molecule has 3 fully saturated rings. The van der Waals surface area contributed by atoms with E-state index in [1.165, 1.54) is 38.5 Å². The molecule has 8 heteroatoms. The third-order valence-corrected chi connectivity index (χ3v) is 9.96. The summed E-state index contributed by atoms with van der Waals surface area (Å²) < 4.78 is 27.5. The summed E-state index contributed by atoms with van der Waals surface area (Å²) in [4.78, 5) is 21.4. The molecule has 1 atom stereocenters. The molecule has 2 aromatic rings. The number of alkyl halides is 1. The minimum atomic E-state index is -1.21. The standard InChI is InChI=1S/C33H48FN3O4/c1-40-27-7-8-30-28(21-27)32(26(23-35-30)24-37-17-19-41-20-18-37)29(34)9-11-33(22-31(38)39)12-15-36(16-13-33)14-10-25-5-3-2-4-6-25/h7-8,21,23,25,29H,2-6,9-20,22,24H2,1H3,(H,38,39). The fourth-order valence-electron chi connectivity index (χ4n) is 7.36. The van der Waals surface area contributed by atoms with Gasteiger partial charge in [0.05, 0.1) is 32.3 Å². The van der Waals surface area contributed by atoms with Crippen LogP contribution in [0.1, 0.15) is 87.9 Å². The molecule has 1 aromatic carbocycles. The quantitative estimate of drug-likeness (QED) is 0.317. The average Bonchev–Trinajstić information content (AvgIpc) is 3.00. The number of pyridine rings is 1. The first-order valence-electron chi connectivity index (χ1n) is 15.8. The van der Waals surface area contributed by atoms with Crippen molar-refractivity contribution in [3.8, 4) is 5.75 Å². The Bertz CT molecular complexity index is 1140. The number of carbonyl (C=O) groups is 1. The van der Waals surface area contributed by atoms with Crippen molar-refractivity contribution in [2.75, 3.05) is 53.0 Å². The molecule has 3 heterocycles. The van der Waals surface area contributed by atoms with E-state index in [4.69, 9.17) is 9.47 Å². The van der Waals surface area contributed by atoms with Crippen LogP contribution in [0.25, 0.3) is 10.9 Å². The van der Waals surface area contributed by atoms with E-state index in [0.29, 0.717) is 43.9 Å². The SMILES string of the molecule is COc1ccc2ncc(CN3CCOCC3)c(C(F)CCC3(CC(=O)O)CCN(CCC4CCCCC4)CC3)c2c1. The zero-order valence-corrected chi connectivity index (χ0v) is 24.8. The van der Waals surface area contributed by atoms with Gasteiger partial charge >= 0.3 is 5.97 Å². The number of aromatic nitrogens is 1. The van der Waals surface area contributed by atoms with Crippen LogP contribution in [0.15, 0.2) is 24.4 Å². The number of methoxy groups -OCH3 is 1. The maximum atomic E-state index is 16.5. The van der Waals surface area contributed by atoms with Crippen molar-refractivity contribution >= 4 is 16.9 Å². The largest absolute Gasteiger partial charge is 0.497 e. The van der Waals surface area contributed by atoms with E-state index >= 15 is 4.39 Å². The van der Waals surface area contributed by atoms with Gasteiger partial charge in [-0.2, -0.15) is 0 Å². The summed E-state index contributed by atoms with van der Waals surface area (Å²) in [6, 6.07) is 5.64. The van der Waals surface area contributed by atoms with Crippen LogP contribution in [-0.4, -0.2) is 78.9 Å². The summed E-state index contributed by atoms with van der Waals surface area (Å²) in [5, 5.41) is 10.6. The minimum absolute atomic E-state index is 0.113. The molecule has 2 saturated heterocycles. The normalized spacial score (nSPS) is 21.6. The molecule has 3 aliphatic rings. The second-order valence-corrected chi connectivity index (χ2v) is 12.7. The van der Waals surface area contributed by atoms with Gasteiger partial charge in [-0.3, -0.25) is 14.7 Å². The number of ether oxygens (including phenoxy) is 2. The Balaban J connectivity index is 1.29. The van der Waals surface area contributed by atoms with Gasteiger partial charge in [-0.25, -0.2) is 4.39 Å². The first-order valence-corrected chi connectivity index (χ1v) is 15.8. The zero-order chi connectivity index (χ0) is 28.7. The number of morpholine rings is 1. The number of fused-ring (bicyclic) bond motifs is 1. The molecular weight excluding hydrogens is 521 g/mol. The summed E-state index contributed by atoms with van der Waals surface area (Å²) in [5.41, 5.74) is 1.96. The molecule has 0 radical (unpaired) electrons. The molecule has 0 spiro atoms. The van der Waals surface area contributed by atoms with E-state index in [0.717, 1.165) is 67.9 Å². The van der Waals surface area contributed by atoms with Crippen molar-refractivity contribution in [2.45, 2.75) is 83.3 Å². The van der Waals surface area contributed by atoms with Gasteiger partial charge < -0.3 is 19.5 Å². The minimum Gasteiger partial charge on any atom is -0.497 e. The first-order chi connectivity index (χ1) is 19.9. The van der Waals surface area contributed by atoms with Gasteiger partial charge in [0.25, 0.3) is 0 Å². The first kappa shape index (κ1) is 30.2. The predicted octanol–water partition coefficient (Wildman–Crippen LogP) is 6.39. The molecule has 1 N–H and O–H groups in total. The van der Waals surface area contributed by atoms with Crippen LogP contribution in [0.5, 0.6) is 5.75 Å². The number of nitrogens with zero attached hydrogens (tertiary/aromatic N) is 3. The van der Waals surface area contributed by atoms with Crippen LogP contribution >= 0.6 is 0 Å². The van der Waals surface area contributed by atoms with E-state index < -0.39 is 12.1 Å². The van der Waals surface area contributed by atoms with Gasteiger partial charge in [0.2, 0.25) is 0 Å². The topological polar surface area (TPSA) is 75.1 Å². The van der Waals surface area contributed by atoms with E-state index in [9.17, 15) is 9.90 Å². The number of carboxylic acid groups (broad SMARTS) is 1. The number of hydrogen-bond donors (Lipinski definition) is 1. The fourth-order valence-corrected chi connectivity index (χ4v) is 7.36. The molecule has 41 heavy (non-hydrogen) atoms. The van der Waals surface area contributed by atoms with Crippen LogP contribution in [0.4, 0.5) is 4.39 Å². The highest BCUT2D eigenvalue weighted by Gasteiger charge is 2.37. The molecule has 1 unspecified atom stereocenters. The van der Waals surface area contributed by atoms with Gasteiger partial charge in [0, 0.05) is 36.8 Å². The zero-order valence-electron chi connectivity index (χ0n) is 24.8. The van der Waals surface area contributed by atoms with Crippen molar-refractivity contribution in [1.82, 2.24) is 14.8 Å². The lowest BCUT2D eigenvalue weighted by Crippen LogP contribution is -2.42. The summed E-state index contributed by atoms with van der Waals surface area (Å²) >= 11 is 0. The Morgan fingerprint density at radius 3 is 2.61 bits per heavy atom. The van der Waals surface area contributed by atoms with Crippen molar-refractivity contribution < 1.29 is 23.8 Å². The van der Waals surface area contributed by atoms with Crippen LogP contribution in [0, 0.1) is 11.3 Å². The molecule has 0 bridgehead atoms. The maximum Gasteiger partial charge on any atom is 0.303 e. The number of rotatable bonds is 12. The van der Waals surface area contributed by atoms with Crippen molar-refractivity contribution in [2.24, 2.45) is 11.3 Å². The Kier molecular flexibility index (Phi) is 10.5. The van der Waals surface area contributed by atoms with Gasteiger partial charge in [0.1, 0.15) is 11.9 Å². The number of likely N-dealkylation sites (tertiary alicyclic amines) is 1. The molecule has 2 aliphatic heterocycles. The van der Waals surface area contributed by atoms with Crippen molar-refractivity contribution in [1.29, 1.82) is 0 Å². The van der Waals surface area contributed by atoms with E-state index in [-0.39, 0.29) is 11.8 Å². The summed E-state index contributed by atoms with van der Waals surface area (Å²) in [6.07, 6.45) is 11.3. The molecule has 1 aliphatic carbocycles. The Morgan fingerprint density at radius 1 is 1.15 bits per heavy atom. The molecule has 0 amide bonds. The van der Waals surface area contributed by atoms with E-state index in [1.807, 2.05) is 24.4 Å². The molecule has 7 nitrogen and oxygen atoms in total. The molecular formula is C33H48FN3O4. The highest BCUT2D eigenvalue weighted by Crippen LogP contribution is 2.44. The van der Waals surface area contributed by atoms with Crippen LogP contribution < -0.4 is 4.74 Å². The molecule has 226 valence electrons. The predicted molar refractivity (Wildman–Crippen MR) is 159 cm³/mol. The van der Waals surface area contributed by atoms with Crippen molar-refractivity contribution in [3.63, 3.8) is 0 Å². The Morgan fingerprint density at radius 2 is 1.90 bits per heavy atom. The van der Waals surface area contributed by atoms with Gasteiger partial charge in [-0.05, 0) is 86.8 Å². The Labute approximate surface area is 244 Å². The Hall–Kier alpha value is -2.29. The smallest absolute Gasteiger partial charge is 0.303 e. The highest BCUT2D eigenvalue weighted by atomic mass is 19.1. The second-order valence-electron chi connectivity index (χ2n) is 12.7. The lowest BCUT2D eigenvalue weighted by Gasteiger charge is -2.42. The second kappa shape index (κ2) is 14.3. The van der Waals surface area contributed by atoms with E-state index in [2.05, 4.69) is 14.8 Å². The highest BCUT2D eigenvalue weighted by molar-refractivity contribution is 5.85. The number of piperidine rings is 1. The number of aliphatic carboxylic acids is 1. The maximum absolute atomic E-state index is 16.5. The lowest BCUT2D eigenvalue weighted by atomic mass is 9.71. The molecule has 5 rings (SSSR count). The van der Waals surface area contributed by atoms with Gasteiger partial charge in [0.15, 0.2) is 0 Å². The van der Waals surface area contributed by atoms with Crippen LogP contribution in [0.2, 0.25) is 0 Å². The summed E-state index contributed by atoms with van der Waals surface area (Å²) in [7, 11) is 1.62. The van der Waals surface area contributed by atoms with Crippen molar-refractivity contribution in [3.05, 3.63) is 35.5 Å². The van der Waals surface area contributed by atoms with E-state index in [1.54, 1.807) is 7.11 Å². The number of halogens is 1. The summed E-state index contributed by atoms with van der Waals surface area (Å²) in [5.74, 6) is 0.754. The fraction of sp³-hybridized carbons (Fsp3) is 0.697. The third-order valence-electron chi connectivity index (χ3n) is 9.96.